The van der Waals surface area contributed by atoms with Gasteiger partial charge in [0, 0.05) is 7.11 Å². The zero-order valence-electron chi connectivity index (χ0n) is 29.6. The first-order valence-electron chi connectivity index (χ1n) is 15.6. The summed E-state index contributed by atoms with van der Waals surface area (Å²) in [6, 6.07) is -1.91. The number of ketones is 1. The van der Waals surface area contributed by atoms with Gasteiger partial charge < -0.3 is 41.9 Å². The smallest absolute Gasteiger partial charge is 0.323 e. The zero-order valence-corrected chi connectivity index (χ0v) is 29.6. The Morgan fingerprint density at radius 1 is 0.651 bits per heavy atom. The number of methoxy groups -OCH3 is 1. The maximum atomic E-state index is 12.0. The molecule has 4 atom stereocenters. The normalized spacial score (nSPS) is 14.9. The molecular formula is C32H68N4O7. The Labute approximate surface area is 262 Å². The van der Waals surface area contributed by atoms with Gasteiger partial charge in [-0.05, 0) is 37.0 Å². The van der Waals surface area contributed by atoms with Gasteiger partial charge in [0.05, 0.1) is 24.1 Å². The van der Waals surface area contributed by atoms with Crippen molar-refractivity contribution in [3.05, 3.63) is 0 Å². The van der Waals surface area contributed by atoms with Gasteiger partial charge in [0.2, 0.25) is 0 Å². The van der Waals surface area contributed by atoms with E-state index < -0.39 is 29.4 Å². The van der Waals surface area contributed by atoms with Gasteiger partial charge in [-0.15, -0.1) is 0 Å². The molecule has 0 radical (unpaired) electrons. The van der Waals surface area contributed by atoms with Crippen molar-refractivity contribution in [3.63, 3.8) is 0 Å². The molecule has 0 bridgehead atoms. The van der Waals surface area contributed by atoms with E-state index in [1.807, 2.05) is 62.3 Å². The summed E-state index contributed by atoms with van der Waals surface area (Å²) in [5.41, 5.74) is 21.6. The quantitative estimate of drug-likeness (QED) is 0.145. The van der Waals surface area contributed by atoms with E-state index in [1.54, 1.807) is 7.11 Å². The van der Waals surface area contributed by atoms with Crippen LogP contribution in [0.4, 0.5) is 0 Å². The molecule has 8 N–H and O–H groups in total. The van der Waals surface area contributed by atoms with E-state index >= 15 is 0 Å². The number of carbonyl (C=O) groups is 4. The molecule has 0 aliphatic carbocycles. The number of unbranched alkanes of at least 4 members (excludes halogenated alkanes) is 1. The number of Topliss-reactive ketones (excluding diaryl/α,β-unsaturated/α-hetero) is 1. The molecule has 43 heavy (non-hydrogen) atoms. The molecule has 0 rings (SSSR count). The fourth-order valence-electron chi connectivity index (χ4n) is 2.55. The number of nitrogens with two attached hydrogens (primary N) is 4. The second-order valence-electron chi connectivity index (χ2n) is 12.4. The van der Waals surface area contributed by atoms with Crippen LogP contribution in [0.25, 0.3) is 0 Å². The van der Waals surface area contributed by atoms with Crippen molar-refractivity contribution in [2.45, 2.75) is 127 Å². The van der Waals surface area contributed by atoms with Crippen molar-refractivity contribution in [3.8, 4) is 0 Å². The average molecular weight is 621 g/mol. The summed E-state index contributed by atoms with van der Waals surface area (Å²) < 4.78 is 15.9. The van der Waals surface area contributed by atoms with E-state index in [9.17, 15) is 19.2 Å². The van der Waals surface area contributed by atoms with Crippen LogP contribution in [0.3, 0.4) is 0 Å². The Kier molecular flexibility index (Phi) is 30.8. The average Bonchev–Trinajstić information content (AvgIpc) is 2.96. The lowest BCUT2D eigenvalue weighted by atomic mass is 9.88. The Morgan fingerprint density at radius 3 is 1.14 bits per heavy atom. The molecule has 0 heterocycles. The summed E-state index contributed by atoms with van der Waals surface area (Å²) in [7, 11) is 1.55. The molecule has 0 aromatic carbocycles. The standard InChI is InChI=1S/C17H34N2O5.C6H13NO.C5H11NO.C4H10/c1-7-17(8-22-6,9-23-15(20)13(18)11(2)3)10-24-16(21)14(19)12(4)5;1-4(2)6(7)5(3)8;1-4(2)5(6)3-7;1-3-4-2/h11-14H,7-10,18-19H2,1-6H3;4,6H,7H2,1-3H3;3-5H,6H2,1-2H3;3-4H2,1-2H3. The highest BCUT2D eigenvalue weighted by Gasteiger charge is 2.34. The van der Waals surface area contributed by atoms with Gasteiger partial charge in [0.15, 0.2) is 0 Å². The van der Waals surface area contributed by atoms with Crippen molar-refractivity contribution in [1.29, 1.82) is 0 Å². The third kappa shape index (κ3) is 25.1. The highest BCUT2D eigenvalue weighted by Crippen LogP contribution is 2.24. The number of aldehydes is 1. The molecule has 258 valence electrons. The molecule has 0 amide bonds. The molecule has 0 spiro atoms. The van der Waals surface area contributed by atoms with Crippen LogP contribution in [0.5, 0.6) is 0 Å². The van der Waals surface area contributed by atoms with Crippen LogP contribution < -0.4 is 22.9 Å². The van der Waals surface area contributed by atoms with Crippen molar-refractivity contribution in [2.75, 3.05) is 26.9 Å². The summed E-state index contributed by atoms with van der Waals surface area (Å²) in [6.07, 6.45) is 4.01. The molecule has 0 aliphatic heterocycles. The van der Waals surface area contributed by atoms with Crippen LogP contribution in [-0.2, 0) is 33.4 Å². The Morgan fingerprint density at radius 2 is 1.00 bits per heavy atom. The Bertz CT molecular complexity index is 699. The molecule has 4 unspecified atom stereocenters. The first kappa shape index (κ1) is 48.0. The summed E-state index contributed by atoms with van der Waals surface area (Å²) in [5, 5.41) is 0. The fourth-order valence-corrected chi connectivity index (χ4v) is 2.55. The van der Waals surface area contributed by atoms with Crippen LogP contribution in [0, 0.1) is 29.1 Å². The topological polar surface area (TPSA) is 200 Å². The fraction of sp³-hybridized carbons (Fsp3) is 0.875. The molecule has 11 heteroatoms. The SMILES string of the molecule is CC(=O)C(N)C(C)C.CC(C)C(N)C=O.CCC(COC)(COC(=O)C(N)C(C)C)COC(=O)C(N)C(C)C.CCCC. The van der Waals surface area contributed by atoms with Crippen molar-refractivity contribution in [1.82, 2.24) is 0 Å². The number of hydrogen-bond donors (Lipinski definition) is 4. The van der Waals surface area contributed by atoms with Gasteiger partial charge in [-0.3, -0.25) is 14.4 Å². The van der Waals surface area contributed by atoms with Crippen molar-refractivity contribution < 1.29 is 33.4 Å². The Hall–Kier alpha value is -1.92. The van der Waals surface area contributed by atoms with Gasteiger partial charge >= 0.3 is 11.9 Å². The van der Waals surface area contributed by atoms with Gasteiger partial charge in [0.1, 0.15) is 37.4 Å². The second kappa shape index (κ2) is 27.6. The first-order chi connectivity index (χ1) is 19.7. The molecule has 11 nitrogen and oxygen atoms in total. The lowest BCUT2D eigenvalue weighted by Gasteiger charge is -2.32. The zero-order chi connectivity index (χ0) is 34.9. The van der Waals surface area contributed by atoms with E-state index in [1.165, 1.54) is 19.8 Å². The molecule has 0 fully saturated rings. The minimum atomic E-state index is -0.681. The second-order valence-corrected chi connectivity index (χ2v) is 12.4. The highest BCUT2D eigenvalue weighted by molar-refractivity contribution is 5.81. The lowest BCUT2D eigenvalue weighted by molar-refractivity contribution is -0.160. The van der Waals surface area contributed by atoms with Crippen LogP contribution in [0.2, 0.25) is 0 Å². The molecular weight excluding hydrogens is 552 g/mol. The summed E-state index contributed by atoms with van der Waals surface area (Å²) in [6.45, 7) is 23.3. The van der Waals surface area contributed by atoms with Crippen molar-refractivity contribution in [2.24, 2.45) is 52.0 Å². The maximum absolute atomic E-state index is 12.0. The number of hydrogen-bond acceptors (Lipinski definition) is 11. The molecule has 0 saturated heterocycles. The number of rotatable bonds is 16. The van der Waals surface area contributed by atoms with E-state index in [0.29, 0.717) is 6.42 Å². The first-order valence-corrected chi connectivity index (χ1v) is 15.6. The van der Waals surface area contributed by atoms with Crippen LogP contribution in [0.15, 0.2) is 0 Å². The molecule has 0 aliphatic rings. The number of ether oxygens (including phenoxy) is 3. The van der Waals surface area contributed by atoms with E-state index in [-0.39, 0.29) is 61.4 Å². The largest absolute Gasteiger partial charge is 0.464 e. The van der Waals surface area contributed by atoms with Gasteiger partial charge in [-0.1, -0.05) is 89.0 Å². The minimum absolute atomic E-state index is 0.0159. The van der Waals surface area contributed by atoms with Gasteiger partial charge in [-0.2, -0.15) is 0 Å². The third-order valence-corrected chi connectivity index (χ3v) is 6.84. The number of carbonyl (C=O) groups excluding carboxylic acids is 4. The van der Waals surface area contributed by atoms with E-state index in [4.69, 9.17) is 37.1 Å². The Balaban J connectivity index is -0.000000323. The third-order valence-electron chi connectivity index (χ3n) is 6.84. The predicted octanol–water partition coefficient (Wildman–Crippen LogP) is 3.62. The van der Waals surface area contributed by atoms with Gasteiger partial charge in [0.25, 0.3) is 0 Å². The maximum Gasteiger partial charge on any atom is 0.323 e. The van der Waals surface area contributed by atoms with E-state index in [2.05, 4.69) is 13.8 Å². The molecule has 0 aromatic rings. The summed E-state index contributed by atoms with van der Waals surface area (Å²) in [5.74, 6) is -0.353. The highest BCUT2D eigenvalue weighted by atomic mass is 16.6. The van der Waals surface area contributed by atoms with E-state index in [0.717, 1.165) is 6.29 Å². The van der Waals surface area contributed by atoms with Gasteiger partial charge in [-0.25, -0.2) is 0 Å². The minimum Gasteiger partial charge on any atom is -0.464 e. The van der Waals surface area contributed by atoms with Crippen LogP contribution in [0.1, 0.15) is 102 Å². The summed E-state index contributed by atoms with van der Waals surface area (Å²) >= 11 is 0. The molecule has 0 saturated carbocycles. The summed E-state index contributed by atoms with van der Waals surface area (Å²) in [4.78, 5) is 44.2. The monoisotopic (exact) mass is 621 g/mol. The lowest BCUT2D eigenvalue weighted by Crippen LogP contribution is -2.44. The van der Waals surface area contributed by atoms with Crippen LogP contribution in [-0.4, -0.2) is 75.1 Å². The van der Waals surface area contributed by atoms with Crippen LogP contribution >= 0.6 is 0 Å². The molecule has 0 aromatic heterocycles. The number of esters is 2. The van der Waals surface area contributed by atoms with Crippen molar-refractivity contribution >= 4 is 24.0 Å². The predicted molar refractivity (Wildman–Crippen MR) is 175 cm³/mol.